The van der Waals surface area contributed by atoms with Crippen molar-refractivity contribution in [2.24, 2.45) is 5.92 Å². The Morgan fingerprint density at radius 1 is 1.43 bits per heavy atom. The molecule has 4 nitrogen and oxygen atoms in total. The number of rotatable bonds is 2. The molecule has 0 saturated heterocycles. The molecule has 0 amide bonds. The van der Waals surface area contributed by atoms with Crippen molar-refractivity contribution in [1.29, 1.82) is 0 Å². The van der Waals surface area contributed by atoms with Crippen molar-refractivity contribution in [3.05, 3.63) is 23.8 Å². The van der Waals surface area contributed by atoms with Crippen LogP contribution in [-0.2, 0) is 14.6 Å². The maximum absolute atomic E-state index is 10.5. The van der Waals surface area contributed by atoms with Gasteiger partial charge in [0.25, 0.3) is 0 Å². The van der Waals surface area contributed by atoms with Gasteiger partial charge in [-0.05, 0) is 30.8 Å². The minimum absolute atomic E-state index is 0.395. The fourth-order valence-corrected chi connectivity index (χ4v) is 2.62. The zero-order valence-corrected chi connectivity index (χ0v) is 8.40. The average Bonchev–Trinajstić information content (AvgIpc) is 2.47. The summed E-state index contributed by atoms with van der Waals surface area (Å²) in [6, 6.07) is 0. The highest BCUT2D eigenvalue weighted by atomic mass is 32.3. The molecule has 0 aliphatic heterocycles. The molecule has 1 N–H and O–H groups in total. The molecular weight excluding hydrogens is 204 g/mol. The van der Waals surface area contributed by atoms with Gasteiger partial charge in [-0.3, -0.25) is 4.55 Å². The van der Waals surface area contributed by atoms with Crippen LogP contribution in [0.3, 0.4) is 0 Å². The molecule has 5 heteroatoms. The van der Waals surface area contributed by atoms with E-state index < -0.39 is 16.5 Å². The molecule has 0 aromatic rings. The van der Waals surface area contributed by atoms with E-state index in [1.165, 1.54) is 0 Å². The fourth-order valence-electron chi connectivity index (χ4n) is 2.12. The van der Waals surface area contributed by atoms with Crippen molar-refractivity contribution in [3.8, 4) is 0 Å². The van der Waals surface area contributed by atoms with E-state index in [0.717, 1.165) is 18.4 Å². The van der Waals surface area contributed by atoms with Gasteiger partial charge in [0.1, 0.15) is 6.10 Å². The van der Waals surface area contributed by atoms with Crippen molar-refractivity contribution in [2.45, 2.75) is 25.4 Å². The molecule has 2 aliphatic rings. The third kappa shape index (κ3) is 2.05. The Morgan fingerprint density at radius 2 is 2.21 bits per heavy atom. The molecule has 0 radical (unpaired) electrons. The highest BCUT2D eigenvalue weighted by Crippen LogP contribution is 2.38. The van der Waals surface area contributed by atoms with Gasteiger partial charge in [0.2, 0.25) is 0 Å². The van der Waals surface area contributed by atoms with E-state index in [1.54, 1.807) is 0 Å². The second kappa shape index (κ2) is 3.49. The highest BCUT2D eigenvalue weighted by molar-refractivity contribution is 7.80. The lowest BCUT2D eigenvalue weighted by Crippen LogP contribution is -2.18. The van der Waals surface area contributed by atoms with Gasteiger partial charge in [-0.25, -0.2) is 4.18 Å². The summed E-state index contributed by atoms with van der Waals surface area (Å²) in [5.41, 5.74) is 0.991. The second-order valence-electron chi connectivity index (χ2n) is 3.62. The van der Waals surface area contributed by atoms with Crippen LogP contribution in [0.2, 0.25) is 0 Å². The molecule has 0 heterocycles. The molecule has 0 aromatic heterocycles. The summed E-state index contributed by atoms with van der Waals surface area (Å²) >= 11 is 0. The van der Waals surface area contributed by atoms with Crippen LogP contribution in [0.15, 0.2) is 23.8 Å². The molecule has 2 rings (SSSR count). The van der Waals surface area contributed by atoms with Crippen molar-refractivity contribution in [2.75, 3.05) is 0 Å². The van der Waals surface area contributed by atoms with Crippen LogP contribution < -0.4 is 0 Å². The zero-order valence-electron chi connectivity index (χ0n) is 7.59. The summed E-state index contributed by atoms with van der Waals surface area (Å²) in [6.07, 6.45) is 7.92. The maximum atomic E-state index is 10.5. The van der Waals surface area contributed by atoms with E-state index in [4.69, 9.17) is 4.55 Å². The van der Waals surface area contributed by atoms with Crippen LogP contribution in [0, 0.1) is 5.92 Å². The molecule has 78 valence electrons. The molecule has 1 fully saturated rings. The predicted octanol–water partition coefficient (Wildman–Crippen LogP) is 1.47. The first kappa shape index (κ1) is 9.89. The third-order valence-corrected chi connectivity index (χ3v) is 3.18. The average molecular weight is 216 g/mol. The monoisotopic (exact) mass is 216 g/mol. The van der Waals surface area contributed by atoms with E-state index in [-0.39, 0.29) is 0 Å². The summed E-state index contributed by atoms with van der Waals surface area (Å²) in [4.78, 5) is 0. The van der Waals surface area contributed by atoms with Crippen molar-refractivity contribution in [1.82, 2.24) is 0 Å². The molecular formula is C9H12O4S. The van der Waals surface area contributed by atoms with Gasteiger partial charge in [0, 0.05) is 0 Å². The van der Waals surface area contributed by atoms with Gasteiger partial charge in [-0.15, -0.1) is 0 Å². The lowest BCUT2D eigenvalue weighted by atomic mass is 9.94. The Morgan fingerprint density at radius 3 is 2.93 bits per heavy atom. The zero-order chi connectivity index (χ0) is 10.2. The van der Waals surface area contributed by atoms with Gasteiger partial charge in [0.15, 0.2) is 0 Å². The Balaban J connectivity index is 2.15. The van der Waals surface area contributed by atoms with Gasteiger partial charge in [-0.2, -0.15) is 8.42 Å². The normalized spacial score (nSPS) is 31.4. The van der Waals surface area contributed by atoms with E-state index >= 15 is 0 Å². The van der Waals surface area contributed by atoms with Crippen LogP contribution >= 0.6 is 0 Å². The summed E-state index contributed by atoms with van der Waals surface area (Å²) in [7, 11) is -4.32. The molecule has 0 spiro atoms. The summed E-state index contributed by atoms with van der Waals surface area (Å²) < 4.78 is 34.3. The maximum Gasteiger partial charge on any atom is 0.397 e. The van der Waals surface area contributed by atoms with Crippen LogP contribution in [-0.4, -0.2) is 19.1 Å². The first-order valence-electron chi connectivity index (χ1n) is 4.58. The highest BCUT2D eigenvalue weighted by Gasteiger charge is 2.33. The molecule has 14 heavy (non-hydrogen) atoms. The van der Waals surface area contributed by atoms with Crippen molar-refractivity contribution >= 4 is 10.4 Å². The first-order chi connectivity index (χ1) is 6.56. The number of hydrogen-bond donors (Lipinski definition) is 1. The van der Waals surface area contributed by atoms with Gasteiger partial charge in [-0.1, -0.05) is 18.2 Å². The quantitative estimate of drug-likeness (QED) is 0.710. The largest absolute Gasteiger partial charge is 0.397 e. The molecule has 1 saturated carbocycles. The third-order valence-electron chi connectivity index (χ3n) is 2.70. The Bertz CT molecular complexity index is 380. The predicted molar refractivity (Wildman–Crippen MR) is 51.0 cm³/mol. The van der Waals surface area contributed by atoms with Crippen molar-refractivity contribution < 1.29 is 17.2 Å². The molecule has 2 unspecified atom stereocenters. The fraction of sp³-hybridized carbons (Fsp3) is 0.556. The minimum Gasteiger partial charge on any atom is -0.264 e. The second-order valence-corrected chi connectivity index (χ2v) is 4.67. The summed E-state index contributed by atoms with van der Waals surface area (Å²) in [5, 5.41) is 0. The molecule has 0 bridgehead atoms. The minimum atomic E-state index is -4.32. The molecule has 2 aliphatic carbocycles. The summed E-state index contributed by atoms with van der Waals surface area (Å²) in [5.74, 6) is 0.395. The van der Waals surface area contributed by atoms with E-state index in [1.807, 2.05) is 12.2 Å². The van der Waals surface area contributed by atoms with Crippen LogP contribution in [0.5, 0.6) is 0 Å². The van der Waals surface area contributed by atoms with Crippen LogP contribution in [0.4, 0.5) is 0 Å². The Hall–Kier alpha value is -0.650. The van der Waals surface area contributed by atoms with Crippen LogP contribution in [0.25, 0.3) is 0 Å². The Kier molecular flexibility index (Phi) is 2.47. The van der Waals surface area contributed by atoms with Crippen LogP contribution in [0.1, 0.15) is 19.3 Å². The smallest absolute Gasteiger partial charge is 0.264 e. The van der Waals surface area contributed by atoms with Gasteiger partial charge in [0.05, 0.1) is 0 Å². The van der Waals surface area contributed by atoms with E-state index in [9.17, 15) is 8.42 Å². The number of allylic oxidation sites excluding steroid dienone is 3. The van der Waals surface area contributed by atoms with Gasteiger partial charge < -0.3 is 0 Å². The van der Waals surface area contributed by atoms with Gasteiger partial charge >= 0.3 is 10.4 Å². The molecule has 2 atom stereocenters. The van der Waals surface area contributed by atoms with Crippen molar-refractivity contribution in [3.63, 3.8) is 0 Å². The number of fused-ring (bicyclic) bond motifs is 1. The SMILES string of the molecule is O=S(=O)(O)OC1CCC2CC=CC=C21. The van der Waals surface area contributed by atoms with E-state index in [2.05, 4.69) is 10.3 Å². The molecule has 0 aromatic carbocycles. The topological polar surface area (TPSA) is 63.6 Å². The van der Waals surface area contributed by atoms with E-state index in [0.29, 0.717) is 12.3 Å². The summed E-state index contributed by atoms with van der Waals surface area (Å²) in [6.45, 7) is 0. The lowest BCUT2D eigenvalue weighted by Gasteiger charge is -2.16. The standard InChI is InChI=1S/C9H12O4S/c10-14(11,12)13-9-6-5-7-3-1-2-4-8(7)9/h1-2,4,7,9H,3,5-6H2,(H,10,11,12). The first-order valence-corrected chi connectivity index (χ1v) is 5.95. The number of hydrogen-bond acceptors (Lipinski definition) is 3. The lowest BCUT2D eigenvalue weighted by molar-refractivity contribution is 0.214. The Labute approximate surface area is 83.2 Å².